The van der Waals surface area contributed by atoms with Gasteiger partial charge in [-0.05, 0) is 49.7 Å². The Morgan fingerprint density at radius 1 is 1.35 bits per heavy atom. The lowest BCUT2D eigenvalue weighted by molar-refractivity contribution is 0.184. The fourth-order valence-electron chi connectivity index (χ4n) is 2.63. The van der Waals surface area contributed by atoms with Gasteiger partial charge in [0, 0.05) is 13.0 Å². The van der Waals surface area contributed by atoms with Gasteiger partial charge in [0.2, 0.25) is 0 Å². The summed E-state index contributed by atoms with van der Waals surface area (Å²) in [5.74, 6) is 1.67. The minimum absolute atomic E-state index is 0.321. The summed E-state index contributed by atoms with van der Waals surface area (Å²) in [6.45, 7) is 7.67. The molecular weight excluding hydrogens is 210 g/mol. The van der Waals surface area contributed by atoms with E-state index in [1.165, 1.54) is 16.7 Å². The van der Waals surface area contributed by atoms with E-state index >= 15 is 0 Å². The molecule has 0 radical (unpaired) electrons. The van der Waals surface area contributed by atoms with E-state index in [1.807, 2.05) is 0 Å². The molecule has 0 spiro atoms. The van der Waals surface area contributed by atoms with E-state index in [0.29, 0.717) is 12.0 Å². The fourth-order valence-corrected chi connectivity index (χ4v) is 2.63. The van der Waals surface area contributed by atoms with E-state index in [4.69, 9.17) is 4.74 Å². The van der Waals surface area contributed by atoms with Crippen molar-refractivity contribution < 1.29 is 4.74 Å². The van der Waals surface area contributed by atoms with E-state index in [2.05, 4.69) is 51.9 Å². The maximum atomic E-state index is 6.02. The van der Waals surface area contributed by atoms with Crippen molar-refractivity contribution in [3.05, 3.63) is 28.8 Å². The topological polar surface area (TPSA) is 12.5 Å². The minimum atomic E-state index is 0.321. The number of benzene rings is 1. The molecule has 2 heteroatoms. The molecule has 0 N–H and O–H groups in total. The lowest BCUT2D eigenvalue weighted by Gasteiger charge is -2.16. The van der Waals surface area contributed by atoms with Gasteiger partial charge in [0.1, 0.15) is 11.9 Å². The summed E-state index contributed by atoms with van der Waals surface area (Å²) in [4.78, 5) is 2.19. The van der Waals surface area contributed by atoms with Gasteiger partial charge in [-0.15, -0.1) is 0 Å². The molecule has 0 amide bonds. The van der Waals surface area contributed by atoms with E-state index in [-0.39, 0.29) is 0 Å². The van der Waals surface area contributed by atoms with Crippen molar-refractivity contribution in [1.82, 2.24) is 4.90 Å². The molecule has 0 saturated carbocycles. The quantitative estimate of drug-likeness (QED) is 0.796. The molecule has 0 aromatic heterocycles. The Balaban J connectivity index is 2.21. The van der Waals surface area contributed by atoms with Crippen LogP contribution >= 0.6 is 0 Å². The molecule has 1 aromatic rings. The third-order valence-electron chi connectivity index (χ3n) is 3.38. The van der Waals surface area contributed by atoms with Gasteiger partial charge in [0.15, 0.2) is 0 Å². The standard InChI is InChI=1S/C15H23NO/c1-10(2)14-8-15-12(6-11(14)3)7-13(17-15)9-16(4)5/h6,8,10,13H,7,9H2,1-5H3. The highest BCUT2D eigenvalue weighted by Gasteiger charge is 2.24. The van der Waals surface area contributed by atoms with Gasteiger partial charge < -0.3 is 9.64 Å². The number of hydrogen-bond donors (Lipinski definition) is 0. The van der Waals surface area contributed by atoms with Crippen molar-refractivity contribution >= 4 is 0 Å². The smallest absolute Gasteiger partial charge is 0.123 e. The highest BCUT2D eigenvalue weighted by Crippen LogP contribution is 2.34. The Hall–Kier alpha value is -1.02. The van der Waals surface area contributed by atoms with Crippen molar-refractivity contribution in [2.45, 2.75) is 39.2 Å². The molecule has 1 atom stereocenters. The number of nitrogens with zero attached hydrogens (tertiary/aromatic N) is 1. The van der Waals surface area contributed by atoms with Crippen molar-refractivity contribution in [1.29, 1.82) is 0 Å². The van der Waals surface area contributed by atoms with Crippen LogP contribution in [0.1, 0.15) is 36.5 Å². The Labute approximate surface area is 105 Å². The first-order chi connectivity index (χ1) is 7.97. The molecule has 1 aliphatic rings. The van der Waals surface area contributed by atoms with Crippen LogP contribution in [0.5, 0.6) is 5.75 Å². The van der Waals surface area contributed by atoms with Gasteiger partial charge in [-0.1, -0.05) is 19.9 Å². The van der Waals surface area contributed by atoms with Crippen LogP contribution < -0.4 is 4.74 Å². The summed E-state index contributed by atoms with van der Waals surface area (Å²) in [7, 11) is 4.19. The molecule has 2 nitrogen and oxygen atoms in total. The van der Waals surface area contributed by atoms with Gasteiger partial charge in [-0.25, -0.2) is 0 Å². The molecule has 2 rings (SSSR count). The monoisotopic (exact) mass is 233 g/mol. The molecular formula is C15H23NO. The molecule has 94 valence electrons. The van der Waals surface area contributed by atoms with Crippen molar-refractivity contribution in [3.63, 3.8) is 0 Å². The zero-order chi connectivity index (χ0) is 12.6. The van der Waals surface area contributed by atoms with Crippen LogP contribution in [0.3, 0.4) is 0 Å². The number of rotatable bonds is 3. The van der Waals surface area contributed by atoms with Crippen LogP contribution in [0.15, 0.2) is 12.1 Å². The van der Waals surface area contributed by atoms with Crippen molar-refractivity contribution in [3.8, 4) is 5.75 Å². The predicted molar refractivity (Wildman–Crippen MR) is 71.9 cm³/mol. The fraction of sp³-hybridized carbons (Fsp3) is 0.600. The molecule has 17 heavy (non-hydrogen) atoms. The highest BCUT2D eigenvalue weighted by molar-refractivity contribution is 5.46. The van der Waals surface area contributed by atoms with Gasteiger partial charge in [0.05, 0.1) is 0 Å². The van der Waals surface area contributed by atoms with E-state index in [9.17, 15) is 0 Å². The first-order valence-electron chi connectivity index (χ1n) is 6.42. The molecule has 1 aliphatic heterocycles. The average molecular weight is 233 g/mol. The largest absolute Gasteiger partial charge is 0.488 e. The zero-order valence-electron chi connectivity index (χ0n) is 11.6. The number of hydrogen-bond acceptors (Lipinski definition) is 2. The van der Waals surface area contributed by atoms with Gasteiger partial charge >= 0.3 is 0 Å². The Morgan fingerprint density at radius 2 is 2.06 bits per heavy atom. The van der Waals surface area contributed by atoms with Gasteiger partial charge in [-0.3, -0.25) is 0 Å². The van der Waals surface area contributed by atoms with E-state index in [0.717, 1.165) is 18.7 Å². The molecule has 1 aromatic carbocycles. The highest BCUT2D eigenvalue weighted by atomic mass is 16.5. The van der Waals surface area contributed by atoms with E-state index < -0.39 is 0 Å². The summed E-state index contributed by atoms with van der Waals surface area (Å²) in [5, 5.41) is 0. The molecule has 1 unspecified atom stereocenters. The molecule has 0 fully saturated rings. The number of fused-ring (bicyclic) bond motifs is 1. The van der Waals surface area contributed by atoms with E-state index in [1.54, 1.807) is 0 Å². The van der Waals surface area contributed by atoms with Crippen molar-refractivity contribution in [2.75, 3.05) is 20.6 Å². The zero-order valence-corrected chi connectivity index (χ0v) is 11.6. The van der Waals surface area contributed by atoms with Gasteiger partial charge in [-0.2, -0.15) is 0 Å². The normalized spacial score (nSPS) is 18.6. The van der Waals surface area contributed by atoms with Crippen LogP contribution in [0.25, 0.3) is 0 Å². The molecule has 0 saturated heterocycles. The number of likely N-dealkylation sites (N-methyl/N-ethyl adjacent to an activating group) is 1. The molecule has 1 heterocycles. The second-order valence-corrected chi connectivity index (χ2v) is 5.68. The van der Waals surface area contributed by atoms with Crippen LogP contribution in [0, 0.1) is 6.92 Å². The third kappa shape index (κ3) is 2.63. The van der Waals surface area contributed by atoms with Crippen LogP contribution in [-0.2, 0) is 6.42 Å². The SMILES string of the molecule is Cc1cc2c(cc1C(C)C)OC(CN(C)C)C2. The number of aryl methyl sites for hydroxylation is 1. The molecule has 0 aliphatic carbocycles. The van der Waals surface area contributed by atoms with Gasteiger partial charge in [0.25, 0.3) is 0 Å². The Kier molecular flexibility index (Phi) is 3.43. The molecule has 0 bridgehead atoms. The second-order valence-electron chi connectivity index (χ2n) is 5.68. The predicted octanol–water partition coefficient (Wildman–Crippen LogP) is 2.98. The first-order valence-corrected chi connectivity index (χ1v) is 6.42. The third-order valence-corrected chi connectivity index (χ3v) is 3.38. The Bertz CT molecular complexity index is 410. The average Bonchev–Trinajstić information content (AvgIpc) is 2.56. The maximum Gasteiger partial charge on any atom is 0.123 e. The summed E-state index contributed by atoms with van der Waals surface area (Å²) in [6.07, 6.45) is 1.37. The first kappa shape index (κ1) is 12.4. The minimum Gasteiger partial charge on any atom is -0.488 e. The Morgan fingerprint density at radius 3 is 2.65 bits per heavy atom. The summed E-state index contributed by atoms with van der Waals surface area (Å²) < 4.78 is 6.02. The lowest BCUT2D eigenvalue weighted by atomic mass is 9.95. The second kappa shape index (κ2) is 4.69. The van der Waals surface area contributed by atoms with Crippen LogP contribution in [0.2, 0.25) is 0 Å². The summed E-state index contributed by atoms with van der Waals surface area (Å²) in [5.41, 5.74) is 4.18. The van der Waals surface area contributed by atoms with Crippen LogP contribution in [-0.4, -0.2) is 31.6 Å². The lowest BCUT2D eigenvalue weighted by Crippen LogP contribution is -2.29. The van der Waals surface area contributed by atoms with Crippen LogP contribution in [0.4, 0.5) is 0 Å². The van der Waals surface area contributed by atoms with Crippen molar-refractivity contribution in [2.24, 2.45) is 0 Å². The number of ether oxygens (including phenoxy) is 1. The maximum absolute atomic E-state index is 6.02. The summed E-state index contributed by atoms with van der Waals surface area (Å²) >= 11 is 0. The summed E-state index contributed by atoms with van der Waals surface area (Å²) in [6, 6.07) is 4.55.